The second kappa shape index (κ2) is 8.28. The van der Waals surface area contributed by atoms with E-state index in [1.807, 2.05) is 0 Å². The van der Waals surface area contributed by atoms with E-state index in [1.54, 1.807) is 50.2 Å². The summed E-state index contributed by atoms with van der Waals surface area (Å²) in [6.45, 7) is 3.33. The molecule has 2 N–H and O–H groups in total. The lowest BCUT2D eigenvalue weighted by Gasteiger charge is -2.18. The number of para-hydroxylation sites is 1. The van der Waals surface area contributed by atoms with E-state index < -0.39 is 29.7 Å². The van der Waals surface area contributed by atoms with Gasteiger partial charge in [0.05, 0.1) is 5.92 Å². The molecule has 2 unspecified atom stereocenters. The third-order valence-corrected chi connectivity index (χ3v) is 3.79. The number of ether oxygens (including phenoxy) is 1. The third kappa shape index (κ3) is 4.79. The smallest absolute Gasteiger partial charge is 0.310 e. The zero-order valence-electron chi connectivity index (χ0n) is 14.0. The SMILES string of the molecule is CCC(Oc1ccccc1F)C(=O)Nc1cccc(C(C)C(=O)O)c1. The highest BCUT2D eigenvalue weighted by Gasteiger charge is 2.21. The maximum absolute atomic E-state index is 13.7. The third-order valence-electron chi connectivity index (χ3n) is 3.79. The Morgan fingerprint density at radius 1 is 1.20 bits per heavy atom. The highest BCUT2D eigenvalue weighted by molar-refractivity contribution is 5.94. The molecule has 0 aliphatic rings. The van der Waals surface area contributed by atoms with Crippen molar-refractivity contribution in [1.29, 1.82) is 0 Å². The number of benzene rings is 2. The van der Waals surface area contributed by atoms with Crippen LogP contribution in [-0.4, -0.2) is 23.1 Å². The van der Waals surface area contributed by atoms with E-state index in [1.165, 1.54) is 12.1 Å². The molecule has 0 spiro atoms. The Labute approximate surface area is 145 Å². The van der Waals surface area contributed by atoms with E-state index in [0.29, 0.717) is 17.7 Å². The number of hydrogen-bond acceptors (Lipinski definition) is 3. The van der Waals surface area contributed by atoms with Gasteiger partial charge in [0.2, 0.25) is 0 Å². The van der Waals surface area contributed by atoms with E-state index in [9.17, 15) is 14.0 Å². The summed E-state index contributed by atoms with van der Waals surface area (Å²) in [7, 11) is 0. The van der Waals surface area contributed by atoms with Crippen LogP contribution in [0, 0.1) is 5.82 Å². The van der Waals surface area contributed by atoms with Crippen LogP contribution >= 0.6 is 0 Å². The van der Waals surface area contributed by atoms with Crippen molar-refractivity contribution in [3.05, 3.63) is 59.9 Å². The Kier molecular flexibility index (Phi) is 6.11. The number of carboxylic acid groups (broad SMARTS) is 1. The number of hydrogen-bond donors (Lipinski definition) is 2. The molecule has 0 radical (unpaired) electrons. The van der Waals surface area contributed by atoms with Crippen LogP contribution in [0.5, 0.6) is 5.75 Å². The molecule has 0 aromatic heterocycles. The summed E-state index contributed by atoms with van der Waals surface area (Å²) < 4.78 is 19.1. The standard InChI is InChI=1S/C19H20FNO4/c1-3-16(25-17-10-5-4-9-15(17)20)18(22)21-14-8-6-7-13(11-14)12(2)19(23)24/h4-12,16H,3H2,1-2H3,(H,21,22)(H,23,24). The molecule has 0 aliphatic heterocycles. The van der Waals surface area contributed by atoms with Gasteiger partial charge in [-0.05, 0) is 43.2 Å². The Balaban J connectivity index is 2.10. The van der Waals surface area contributed by atoms with Gasteiger partial charge >= 0.3 is 5.97 Å². The number of carbonyl (C=O) groups is 2. The largest absolute Gasteiger partial charge is 0.481 e. The van der Waals surface area contributed by atoms with Crippen molar-refractivity contribution >= 4 is 17.6 Å². The summed E-state index contributed by atoms with van der Waals surface area (Å²) >= 11 is 0. The quantitative estimate of drug-likeness (QED) is 0.800. The lowest BCUT2D eigenvalue weighted by Crippen LogP contribution is -2.32. The van der Waals surface area contributed by atoms with Gasteiger partial charge in [-0.3, -0.25) is 9.59 Å². The number of rotatable bonds is 7. The monoisotopic (exact) mass is 345 g/mol. The molecule has 0 bridgehead atoms. The summed E-state index contributed by atoms with van der Waals surface area (Å²) in [4.78, 5) is 23.5. The van der Waals surface area contributed by atoms with E-state index in [0.717, 1.165) is 0 Å². The summed E-state index contributed by atoms with van der Waals surface area (Å²) in [5, 5.41) is 11.8. The van der Waals surface area contributed by atoms with Gasteiger partial charge in [0.1, 0.15) is 0 Å². The van der Waals surface area contributed by atoms with Crippen molar-refractivity contribution < 1.29 is 23.8 Å². The second-order valence-electron chi connectivity index (χ2n) is 5.62. The van der Waals surface area contributed by atoms with Gasteiger partial charge in [0.25, 0.3) is 5.91 Å². The summed E-state index contributed by atoms with van der Waals surface area (Å²) in [5.74, 6) is -2.58. The van der Waals surface area contributed by atoms with E-state index in [2.05, 4.69) is 5.32 Å². The van der Waals surface area contributed by atoms with Crippen LogP contribution in [0.1, 0.15) is 31.7 Å². The molecule has 132 valence electrons. The molecule has 0 saturated heterocycles. The molecule has 2 atom stereocenters. The fourth-order valence-electron chi connectivity index (χ4n) is 2.27. The maximum atomic E-state index is 13.7. The average molecular weight is 345 g/mol. The van der Waals surface area contributed by atoms with E-state index in [4.69, 9.17) is 9.84 Å². The molecule has 25 heavy (non-hydrogen) atoms. The molecule has 5 nitrogen and oxygen atoms in total. The zero-order valence-corrected chi connectivity index (χ0v) is 14.0. The Morgan fingerprint density at radius 3 is 2.56 bits per heavy atom. The van der Waals surface area contributed by atoms with Crippen molar-refractivity contribution in [3.63, 3.8) is 0 Å². The number of nitrogens with one attached hydrogen (secondary N) is 1. The minimum absolute atomic E-state index is 0.0118. The van der Waals surface area contributed by atoms with Crippen molar-refractivity contribution in [2.24, 2.45) is 0 Å². The maximum Gasteiger partial charge on any atom is 0.310 e. The molecule has 1 amide bonds. The van der Waals surface area contributed by atoms with Gasteiger partial charge in [-0.1, -0.05) is 31.2 Å². The highest BCUT2D eigenvalue weighted by atomic mass is 19.1. The minimum atomic E-state index is -0.946. The van der Waals surface area contributed by atoms with Crippen molar-refractivity contribution in [2.45, 2.75) is 32.3 Å². The fourth-order valence-corrected chi connectivity index (χ4v) is 2.27. The van der Waals surface area contributed by atoms with Gasteiger partial charge in [0.15, 0.2) is 17.7 Å². The molecule has 0 fully saturated rings. The molecule has 2 aromatic carbocycles. The zero-order chi connectivity index (χ0) is 18.4. The average Bonchev–Trinajstić information content (AvgIpc) is 2.60. The first-order valence-electron chi connectivity index (χ1n) is 7.97. The van der Waals surface area contributed by atoms with Gasteiger partial charge in [-0.15, -0.1) is 0 Å². The summed E-state index contributed by atoms with van der Waals surface area (Å²) in [5.41, 5.74) is 1.04. The Hall–Kier alpha value is -2.89. The Morgan fingerprint density at radius 2 is 1.92 bits per heavy atom. The van der Waals surface area contributed by atoms with Crippen LogP contribution < -0.4 is 10.1 Å². The first-order chi connectivity index (χ1) is 11.9. The van der Waals surface area contributed by atoms with Gasteiger partial charge in [0, 0.05) is 5.69 Å². The molecule has 0 aliphatic carbocycles. The normalized spacial score (nSPS) is 12.9. The second-order valence-corrected chi connectivity index (χ2v) is 5.62. The molecule has 2 rings (SSSR count). The number of carboxylic acids is 1. The van der Waals surface area contributed by atoms with E-state index in [-0.39, 0.29) is 5.75 Å². The van der Waals surface area contributed by atoms with Crippen LogP contribution in [0.3, 0.4) is 0 Å². The molecule has 0 saturated carbocycles. The lowest BCUT2D eigenvalue weighted by atomic mass is 10.0. The predicted octanol–water partition coefficient (Wildman–Crippen LogP) is 3.81. The fraction of sp³-hybridized carbons (Fsp3) is 0.263. The summed E-state index contributed by atoms with van der Waals surface area (Å²) in [6, 6.07) is 12.5. The number of amides is 1. The number of halogens is 1. The van der Waals surface area contributed by atoms with Gasteiger partial charge < -0.3 is 15.2 Å². The van der Waals surface area contributed by atoms with Gasteiger partial charge in [-0.25, -0.2) is 4.39 Å². The predicted molar refractivity (Wildman–Crippen MR) is 92.2 cm³/mol. The first kappa shape index (κ1) is 18.4. The van der Waals surface area contributed by atoms with Crippen LogP contribution in [0.15, 0.2) is 48.5 Å². The number of aliphatic carboxylic acids is 1. The Bertz CT molecular complexity index is 763. The van der Waals surface area contributed by atoms with Gasteiger partial charge in [-0.2, -0.15) is 0 Å². The van der Waals surface area contributed by atoms with E-state index >= 15 is 0 Å². The first-order valence-corrected chi connectivity index (χ1v) is 7.97. The van der Waals surface area contributed by atoms with Crippen LogP contribution in [0.4, 0.5) is 10.1 Å². The molecular weight excluding hydrogens is 325 g/mol. The van der Waals surface area contributed by atoms with Crippen LogP contribution in [-0.2, 0) is 9.59 Å². The number of anilines is 1. The molecule has 0 heterocycles. The van der Waals surface area contributed by atoms with Crippen molar-refractivity contribution in [2.75, 3.05) is 5.32 Å². The highest BCUT2D eigenvalue weighted by Crippen LogP contribution is 2.21. The topological polar surface area (TPSA) is 75.6 Å². The summed E-state index contributed by atoms with van der Waals surface area (Å²) in [6.07, 6.45) is -0.511. The van der Waals surface area contributed by atoms with Crippen LogP contribution in [0.2, 0.25) is 0 Å². The molecule has 2 aromatic rings. The van der Waals surface area contributed by atoms with Crippen molar-refractivity contribution in [3.8, 4) is 5.75 Å². The number of carbonyl (C=O) groups excluding carboxylic acids is 1. The molecular formula is C19H20FNO4. The van der Waals surface area contributed by atoms with Crippen molar-refractivity contribution in [1.82, 2.24) is 0 Å². The van der Waals surface area contributed by atoms with Crippen LogP contribution in [0.25, 0.3) is 0 Å². The molecule has 6 heteroatoms. The lowest BCUT2D eigenvalue weighted by molar-refractivity contribution is -0.138. The minimum Gasteiger partial charge on any atom is -0.481 e.